The maximum absolute atomic E-state index is 12.2. The minimum atomic E-state index is -0.869. The molecule has 3 rings (SSSR count). The molecule has 0 heterocycles. The van der Waals surface area contributed by atoms with Gasteiger partial charge >= 0.3 is 5.97 Å². The van der Waals surface area contributed by atoms with E-state index in [2.05, 4.69) is 0 Å². The zero-order valence-corrected chi connectivity index (χ0v) is 18.8. The van der Waals surface area contributed by atoms with Gasteiger partial charge in [-0.25, -0.2) is 4.79 Å². The average Bonchev–Trinajstić information content (AvgIpc) is 2.80. The van der Waals surface area contributed by atoms with Gasteiger partial charge < -0.3 is 10.5 Å². The normalized spacial score (nSPS) is 13.5. The number of carbonyl (C=O) groups excluding carboxylic acids is 1. The quantitative estimate of drug-likeness (QED) is 0.201. The molecule has 156 valence electrons. The third-order valence-electron chi connectivity index (χ3n) is 4.81. The molecule has 2 unspecified atom stereocenters. The smallest absolute Gasteiger partial charge is 0.328 e. The standard InChI is InChI=1S/C24H23Cl2NO2S/c1-30-22(25)16-21(27)23(28)29-20-14-12-19(13-15-20)24(26,17-8-4-2-5-9-17)18-10-6-3-7-11-18/h2-15,21-22H,16,27H2,1H3. The van der Waals surface area contributed by atoms with Crippen LogP contribution in [0, 0.1) is 0 Å². The van der Waals surface area contributed by atoms with Gasteiger partial charge in [-0.2, -0.15) is 0 Å². The van der Waals surface area contributed by atoms with Gasteiger partial charge in [0.05, 0.1) is 4.71 Å². The van der Waals surface area contributed by atoms with E-state index in [1.54, 1.807) is 12.1 Å². The van der Waals surface area contributed by atoms with Gasteiger partial charge in [0, 0.05) is 0 Å². The molecule has 3 nitrogen and oxygen atoms in total. The zero-order chi connectivity index (χ0) is 21.6. The van der Waals surface area contributed by atoms with E-state index >= 15 is 0 Å². The largest absolute Gasteiger partial charge is 0.425 e. The van der Waals surface area contributed by atoms with E-state index in [-0.39, 0.29) is 4.71 Å². The van der Waals surface area contributed by atoms with Gasteiger partial charge in [0.1, 0.15) is 16.7 Å². The Labute approximate surface area is 191 Å². The van der Waals surface area contributed by atoms with E-state index < -0.39 is 16.9 Å². The molecule has 0 spiro atoms. The molecule has 0 aliphatic rings. The molecular formula is C24H23Cl2NO2S. The first kappa shape index (κ1) is 22.7. The van der Waals surface area contributed by atoms with Gasteiger partial charge in [-0.3, -0.25) is 0 Å². The molecule has 0 bridgehead atoms. The highest BCUT2D eigenvalue weighted by Crippen LogP contribution is 2.43. The van der Waals surface area contributed by atoms with Crippen molar-refractivity contribution in [3.05, 3.63) is 102 Å². The minimum absolute atomic E-state index is 0.233. The number of esters is 1. The molecule has 3 aromatic carbocycles. The lowest BCUT2D eigenvalue weighted by Gasteiger charge is -2.29. The number of thioether (sulfide) groups is 1. The van der Waals surface area contributed by atoms with E-state index in [1.807, 2.05) is 79.1 Å². The molecule has 0 saturated carbocycles. The first-order chi connectivity index (χ1) is 14.4. The lowest BCUT2D eigenvalue weighted by atomic mass is 9.84. The fourth-order valence-electron chi connectivity index (χ4n) is 3.17. The third-order valence-corrected chi connectivity index (χ3v) is 6.88. The average molecular weight is 460 g/mol. The predicted molar refractivity (Wildman–Crippen MR) is 126 cm³/mol. The summed E-state index contributed by atoms with van der Waals surface area (Å²) in [6.07, 6.45) is 2.21. The highest BCUT2D eigenvalue weighted by molar-refractivity contribution is 8.00. The molecule has 6 heteroatoms. The van der Waals surface area contributed by atoms with E-state index in [9.17, 15) is 4.79 Å². The summed E-state index contributed by atoms with van der Waals surface area (Å²) >= 11 is 14.7. The van der Waals surface area contributed by atoms with Gasteiger partial charge in [-0.15, -0.1) is 35.0 Å². The molecule has 2 N–H and O–H groups in total. The van der Waals surface area contributed by atoms with E-state index in [1.165, 1.54) is 11.8 Å². The number of hydrogen-bond donors (Lipinski definition) is 1. The van der Waals surface area contributed by atoms with Crippen molar-refractivity contribution in [2.45, 2.75) is 22.0 Å². The number of halogens is 2. The summed E-state index contributed by atoms with van der Waals surface area (Å²) in [5, 5.41) is 0. The first-order valence-electron chi connectivity index (χ1n) is 9.49. The number of rotatable bonds is 8. The molecule has 0 amide bonds. The molecule has 0 aliphatic heterocycles. The highest BCUT2D eigenvalue weighted by atomic mass is 35.5. The van der Waals surface area contributed by atoms with Crippen LogP contribution in [0.3, 0.4) is 0 Å². The van der Waals surface area contributed by atoms with Crippen LogP contribution in [-0.4, -0.2) is 23.0 Å². The van der Waals surface area contributed by atoms with Crippen molar-refractivity contribution in [3.63, 3.8) is 0 Å². The predicted octanol–water partition coefficient (Wildman–Crippen LogP) is 5.77. The summed E-state index contributed by atoms with van der Waals surface area (Å²) in [5.41, 5.74) is 8.68. The fourth-order valence-corrected chi connectivity index (χ4v) is 4.14. The van der Waals surface area contributed by atoms with Crippen LogP contribution < -0.4 is 10.5 Å². The summed E-state index contributed by atoms with van der Waals surface area (Å²) in [4.78, 5) is 11.4. The lowest BCUT2D eigenvalue weighted by molar-refractivity contribution is -0.135. The summed E-state index contributed by atoms with van der Waals surface area (Å²) in [6, 6.07) is 26.2. The summed E-state index contributed by atoms with van der Waals surface area (Å²) in [5.74, 6) is -0.0969. The number of carbonyl (C=O) groups is 1. The minimum Gasteiger partial charge on any atom is -0.425 e. The van der Waals surface area contributed by atoms with Crippen molar-refractivity contribution in [2.24, 2.45) is 5.73 Å². The van der Waals surface area contributed by atoms with Crippen LogP contribution >= 0.6 is 35.0 Å². The number of hydrogen-bond acceptors (Lipinski definition) is 4. The van der Waals surface area contributed by atoms with Crippen molar-refractivity contribution < 1.29 is 9.53 Å². The Morgan fingerprint density at radius 3 is 1.87 bits per heavy atom. The molecule has 30 heavy (non-hydrogen) atoms. The Kier molecular flexibility index (Phi) is 7.84. The third kappa shape index (κ3) is 5.19. The fraction of sp³-hybridized carbons (Fsp3) is 0.208. The highest BCUT2D eigenvalue weighted by Gasteiger charge is 2.34. The van der Waals surface area contributed by atoms with Gasteiger partial charge in [0.2, 0.25) is 0 Å². The summed E-state index contributed by atoms with van der Waals surface area (Å²) in [7, 11) is 0. The molecular weight excluding hydrogens is 437 g/mol. The molecule has 0 aliphatic carbocycles. The van der Waals surface area contributed by atoms with Gasteiger partial charge in [0.25, 0.3) is 0 Å². The van der Waals surface area contributed by atoms with Crippen LogP contribution in [0.25, 0.3) is 0 Å². The summed E-state index contributed by atoms with van der Waals surface area (Å²) < 4.78 is 5.19. The summed E-state index contributed by atoms with van der Waals surface area (Å²) in [6.45, 7) is 0. The van der Waals surface area contributed by atoms with Gasteiger partial charge in [-0.1, -0.05) is 72.8 Å². The molecule has 0 saturated heterocycles. The second-order valence-electron chi connectivity index (χ2n) is 6.82. The van der Waals surface area contributed by atoms with Crippen molar-refractivity contribution >= 4 is 40.9 Å². The maximum Gasteiger partial charge on any atom is 0.328 e. The van der Waals surface area contributed by atoms with Crippen LogP contribution in [0.2, 0.25) is 0 Å². The van der Waals surface area contributed by atoms with Crippen molar-refractivity contribution in [2.75, 3.05) is 6.26 Å². The number of ether oxygens (including phenoxy) is 1. The monoisotopic (exact) mass is 459 g/mol. The van der Waals surface area contributed by atoms with Crippen LogP contribution in [0.1, 0.15) is 23.1 Å². The Bertz CT molecular complexity index is 912. The van der Waals surface area contributed by atoms with Crippen molar-refractivity contribution in [3.8, 4) is 5.75 Å². The maximum atomic E-state index is 12.2. The van der Waals surface area contributed by atoms with Crippen LogP contribution in [-0.2, 0) is 9.67 Å². The van der Waals surface area contributed by atoms with Crippen LogP contribution in [0.5, 0.6) is 5.75 Å². The topological polar surface area (TPSA) is 52.3 Å². The Hall–Kier alpha value is -1.98. The van der Waals surface area contributed by atoms with Crippen molar-refractivity contribution in [1.82, 2.24) is 0 Å². The molecule has 2 atom stereocenters. The molecule has 0 fully saturated rings. The zero-order valence-electron chi connectivity index (χ0n) is 16.5. The van der Waals surface area contributed by atoms with Gasteiger partial charge in [-0.05, 0) is 41.5 Å². The number of benzene rings is 3. The van der Waals surface area contributed by atoms with E-state index in [0.29, 0.717) is 12.2 Å². The first-order valence-corrected chi connectivity index (χ1v) is 11.6. The van der Waals surface area contributed by atoms with E-state index in [0.717, 1.165) is 16.7 Å². The second kappa shape index (κ2) is 10.4. The number of nitrogens with two attached hydrogens (primary N) is 1. The molecule has 3 aromatic rings. The molecule has 0 radical (unpaired) electrons. The Morgan fingerprint density at radius 1 is 0.933 bits per heavy atom. The van der Waals surface area contributed by atoms with Gasteiger partial charge in [0.15, 0.2) is 0 Å². The van der Waals surface area contributed by atoms with Crippen LogP contribution in [0.15, 0.2) is 84.9 Å². The Balaban J connectivity index is 1.86. The second-order valence-corrected chi connectivity index (χ2v) is 9.22. The van der Waals surface area contributed by atoms with Crippen LogP contribution in [0.4, 0.5) is 0 Å². The molecule has 0 aromatic heterocycles. The SMILES string of the molecule is CSC(Cl)CC(N)C(=O)Oc1ccc(C(Cl)(c2ccccc2)c2ccccc2)cc1. The van der Waals surface area contributed by atoms with E-state index in [4.69, 9.17) is 33.7 Å². The lowest BCUT2D eigenvalue weighted by Crippen LogP contribution is -2.35. The number of alkyl halides is 2. The Morgan fingerprint density at radius 2 is 1.40 bits per heavy atom. The van der Waals surface area contributed by atoms with Crippen molar-refractivity contribution in [1.29, 1.82) is 0 Å².